The lowest BCUT2D eigenvalue weighted by Gasteiger charge is -2.08. The number of carboxylic acids is 1. The van der Waals surface area contributed by atoms with E-state index < -0.39 is 5.97 Å². The van der Waals surface area contributed by atoms with Crippen molar-refractivity contribution in [3.63, 3.8) is 0 Å². The molecule has 3 N–H and O–H groups in total. The summed E-state index contributed by atoms with van der Waals surface area (Å²) in [5.74, 6) is -0.808. The number of aromatic hydroxyl groups is 2. The predicted octanol–water partition coefficient (Wildman–Crippen LogP) is 1.02. The predicted molar refractivity (Wildman–Crippen MR) is 71.1 cm³/mol. The summed E-state index contributed by atoms with van der Waals surface area (Å²) in [7, 11) is 0. The summed E-state index contributed by atoms with van der Waals surface area (Å²) >= 11 is 0. The highest BCUT2D eigenvalue weighted by Crippen LogP contribution is 2.31. The van der Waals surface area contributed by atoms with Gasteiger partial charge in [-0.15, -0.1) is 0 Å². The van der Waals surface area contributed by atoms with E-state index in [0.29, 0.717) is 37.5 Å². The van der Waals surface area contributed by atoms with E-state index in [-0.39, 0.29) is 24.8 Å². The van der Waals surface area contributed by atoms with E-state index in [1.807, 2.05) is 0 Å². The van der Waals surface area contributed by atoms with Crippen LogP contribution in [0.1, 0.15) is 17.5 Å². The molecule has 0 aliphatic rings. The molecule has 1 rings (SSSR count). The number of carbonyl (C=O) groups is 1. The fraction of sp³-hybridized carbons (Fsp3) is 0.615. The second-order valence-electron chi connectivity index (χ2n) is 4.42. The van der Waals surface area contributed by atoms with E-state index >= 15 is 0 Å². The van der Waals surface area contributed by atoms with Crippen LogP contribution in [0.25, 0.3) is 0 Å². The Kier molecular flexibility index (Phi) is 6.33. The largest absolute Gasteiger partial charge is 0.494 e. The number of hydrogen-bond acceptors (Lipinski definition) is 5. The minimum absolute atomic E-state index is 0.0241. The topological polar surface area (TPSA) is 101 Å². The molecule has 0 aliphatic heterocycles. The normalized spacial score (nSPS) is 10.9. The van der Waals surface area contributed by atoms with Gasteiger partial charge < -0.3 is 24.8 Å². The number of aromatic nitrogens is 1. The molecule has 0 unspecified atom stereocenters. The second kappa shape index (κ2) is 7.76. The van der Waals surface area contributed by atoms with E-state index in [0.717, 1.165) is 0 Å². The van der Waals surface area contributed by atoms with Gasteiger partial charge in [0.1, 0.15) is 0 Å². The van der Waals surface area contributed by atoms with Crippen LogP contribution in [0.2, 0.25) is 0 Å². The number of aliphatic carboxylic acids is 1. The average molecular weight is 287 g/mol. The molecule has 0 bridgehead atoms. The first kappa shape index (κ1) is 16.3. The Hall–Kier alpha value is -1.73. The molecule has 0 atom stereocenters. The Balaban J connectivity index is 2.19. The van der Waals surface area contributed by atoms with Crippen molar-refractivity contribution in [1.29, 1.82) is 0 Å². The van der Waals surface area contributed by atoms with Crippen LogP contribution in [0.3, 0.4) is 0 Å². The third-order valence-electron chi connectivity index (χ3n) is 3.04. The number of carboxylic acid groups (broad SMARTS) is 1. The van der Waals surface area contributed by atoms with Crippen LogP contribution < -0.4 is 0 Å². The van der Waals surface area contributed by atoms with Gasteiger partial charge in [0, 0.05) is 11.1 Å². The molecular formula is C13H21NO6. The summed E-state index contributed by atoms with van der Waals surface area (Å²) in [5, 5.41) is 28.0. The van der Waals surface area contributed by atoms with Gasteiger partial charge in [0.25, 0.3) is 0 Å². The monoisotopic (exact) mass is 287 g/mol. The first-order valence-corrected chi connectivity index (χ1v) is 6.40. The van der Waals surface area contributed by atoms with E-state index in [1.165, 1.54) is 4.57 Å². The molecule has 1 aromatic heterocycles. The van der Waals surface area contributed by atoms with Gasteiger partial charge in [-0.25, -0.2) is 0 Å². The molecule has 0 radical (unpaired) electrons. The molecule has 0 amide bonds. The summed E-state index contributed by atoms with van der Waals surface area (Å²) in [4.78, 5) is 10.2. The quantitative estimate of drug-likeness (QED) is 0.586. The van der Waals surface area contributed by atoms with E-state index in [2.05, 4.69) is 0 Å². The molecule has 114 valence electrons. The fourth-order valence-electron chi connectivity index (χ4n) is 1.69. The molecule has 1 aromatic rings. The van der Waals surface area contributed by atoms with Crippen LogP contribution in [0.4, 0.5) is 0 Å². The Morgan fingerprint density at radius 1 is 1.00 bits per heavy atom. The molecular weight excluding hydrogens is 266 g/mol. The van der Waals surface area contributed by atoms with Crippen molar-refractivity contribution < 1.29 is 29.6 Å². The first-order chi connectivity index (χ1) is 9.45. The molecule has 0 aliphatic carbocycles. The average Bonchev–Trinajstić information content (AvgIpc) is 2.58. The highest BCUT2D eigenvalue weighted by molar-refractivity contribution is 5.66. The zero-order valence-corrected chi connectivity index (χ0v) is 11.8. The number of nitrogens with zero attached hydrogens (tertiary/aromatic N) is 1. The van der Waals surface area contributed by atoms with Crippen molar-refractivity contribution in [3.05, 3.63) is 11.1 Å². The molecule has 1 heterocycles. The smallest absolute Gasteiger partial charge is 0.305 e. The van der Waals surface area contributed by atoms with Gasteiger partial charge in [-0.3, -0.25) is 9.36 Å². The van der Waals surface area contributed by atoms with Crippen LogP contribution in [-0.4, -0.2) is 52.3 Å². The summed E-state index contributed by atoms with van der Waals surface area (Å²) in [6.45, 7) is 4.93. The summed E-state index contributed by atoms with van der Waals surface area (Å²) in [5.41, 5.74) is 1.30. The third-order valence-corrected chi connectivity index (χ3v) is 3.04. The standard InChI is InChI=1S/C13H21NO6/c1-9-10(2)13(18)14(12(9)17)4-6-20-8-7-19-5-3-11(15)16/h17-18H,3-8H2,1-2H3,(H,15,16). The van der Waals surface area contributed by atoms with Gasteiger partial charge in [-0.2, -0.15) is 0 Å². The van der Waals surface area contributed by atoms with E-state index in [1.54, 1.807) is 13.8 Å². The van der Waals surface area contributed by atoms with Crippen molar-refractivity contribution in [2.24, 2.45) is 0 Å². The summed E-state index contributed by atoms with van der Waals surface area (Å²) in [6.07, 6.45) is -0.0241. The maximum absolute atomic E-state index is 10.2. The fourth-order valence-corrected chi connectivity index (χ4v) is 1.69. The van der Waals surface area contributed by atoms with Crippen molar-refractivity contribution in [2.45, 2.75) is 26.8 Å². The highest BCUT2D eigenvalue weighted by atomic mass is 16.5. The molecule has 0 saturated carbocycles. The van der Waals surface area contributed by atoms with Crippen LogP contribution >= 0.6 is 0 Å². The van der Waals surface area contributed by atoms with Gasteiger partial charge in [-0.1, -0.05) is 0 Å². The minimum Gasteiger partial charge on any atom is -0.494 e. The third kappa shape index (κ3) is 4.43. The van der Waals surface area contributed by atoms with Crippen LogP contribution in [0.15, 0.2) is 0 Å². The van der Waals surface area contributed by atoms with E-state index in [9.17, 15) is 15.0 Å². The van der Waals surface area contributed by atoms with Crippen LogP contribution in [0, 0.1) is 13.8 Å². The lowest BCUT2D eigenvalue weighted by molar-refractivity contribution is -0.138. The molecule has 0 fully saturated rings. The van der Waals surface area contributed by atoms with Gasteiger partial charge in [0.15, 0.2) is 11.8 Å². The Morgan fingerprint density at radius 2 is 1.50 bits per heavy atom. The lowest BCUT2D eigenvalue weighted by Crippen LogP contribution is -2.11. The number of rotatable bonds is 9. The molecule has 0 spiro atoms. The summed E-state index contributed by atoms with van der Waals surface area (Å²) in [6, 6.07) is 0. The molecule has 7 heteroatoms. The maximum atomic E-state index is 10.2. The molecule has 7 nitrogen and oxygen atoms in total. The Labute approximate surface area is 117 Å². The van der Waals surface area contributed by atoms with Crippen LogP contribution in [-0.2, 0) is 20.8 Å². The van der Waals surface area contributed by atoms with Crippen molar-refractivity contribution in [3.8, 4) is 11.8 Å². The van der Waals surface area contributed by atoms with Crippen molar-refractivity contribution in [1.82, 2.24) is 4.57 Å². The van der Waals surface area contributed by atoms with Crippen LogP contribution in [0.5, 0.6) is 11.8 Å². The molecule has 0 aromatic carbocycles. The minimum atomic E-state index is -0.893. The van der Waals surface area contributed by atoms with E-state index in [4.69, 9.17) is 14.6 Å². The van der Waals surface area contributed by atoms with Gasteiger partial charge in [-0.05, 0) is 13.8 Å². The SMILES string of the molecule is Cc1c(C)c(O)n(CCOCCOCCC(=O)O)c1O. The van der Waals surface area contributed by atoms with Gasteiger partial charge in [0.05, 0.1) is 39.4 Å². The lowest BCUT2D eigenvalue weighted by atomic mass is 10.2. The number of ether oxygens (including phenoxy) is 2. The highest BCUT2D eigenvalue weighted by Gasteiger charge is 2.15. The molecule has 0 saturated heterocycles. The Bertz CT molecular complexity index is 429. The Morgan fingerprint density at radius 3 is 2.00 bits per heavy atom. The van der Waals surface area contributed by atoms with Gasteiger partial charge >= 0.3 is 5.97 Å². The molecule has 20 heavy (non-hydrogen) atoms. The number of hydrogen-bond donors (Lipinski definition) is 3. The zero-order chi connectivity index (χ0) is 15.1. The van der Waals surface area contributed by atoms with Crippen molar-refractivity contribution in [2.75, 3.05) is 26.4 Å². The van der Waals surface area contributed by atoms with Gasteiger partial charge in [0.2, 0.25) is 0 Å². The summed E-state index contributed by atoms with van der Waals surface area (Å²) < 4.78 is 11.7. The second-order valence-corrected chi connectivity index (χ2v) is 4.42. The maximum Gasteiger partial charge on any atom is 0.305 e. The first-order valence-electron chi connectivity index (χ1n) is 6.40. The zero-order valence-electron chi connectivity index (χ0n) is 11.8. The van der Waals surface area contributed by atoms with Crippen molar-refractivity contribution >= 4 is 5.97 Å².